The Bertz CT molecular complexity index is 235. The van der Waals surface area contributed by atoms with Crippen LogP contribution in [0.1, 0.15) is 58.8 Å². The fourth-order valence-electron chi connectivity index (χ4n) is 2.86. The number of unbranched alkanes of at least 4 members (excludes halogenated alkanes) is 1. The van der Waals surface area contributed by atoms with Gasteiger partial charge in [-0.05, 0) is 57.4 Å². The summed E-state index contributed by atoms with van der Waals surface area (Å²) in [5.41, 5.74) is 5.70. The smallest absolute Gasteiger partial charge is 0.222 e. The number of hydrogen-bond donors (Lipinski definition) is 1. The molecular formula is C15H30N2O. The molecule has 1 rings (SSSR count). The SMILES string of the molecule is CCCCN(CC)C(=O)CC1CCC(CN)CC1. The van der Waals surface area contributed by atoms with Gasteiger partial charge in [-0.1, -0.05) is 13.3 Å². The Balaban J connectivity index is 2.30. The number of carbonyl (C=O) groups is 1. The highest BCUT2D eigenvalue weighted by Crippen LogP contribution is 2.30. The molecule has 0 radical (unpaired) electrons. The minimum Gasteiger partial charge on any atom is -0.343 e. The van der Waals surface area contributed by atoms with Crippen LogP contribution < -0.4 is 5.73 Å². The molecule has 0 aliphatic heterocycles. The summed E-state index contributed by atoms with van der Waals surface area (Å²) < 4.78 is 0. The Hall–Kier alpha value is -0.570. The van der Waals surface area contributed by atoms with Gasteiger partial charge in [0.1, 0.15) is 0 Å². The molecule has 0 unspecified atom stereocenters. The van der Waals surface area contributed by atoms with Crippen molar-refractivity contribution in [2.24, 2.45) is 17.6 Å². The maximum atomic E-state index is 12.2. The molecule has 1 aliphatic rings. The first kappa shape index (κ1) is 15.5. The van der Waals surface area contributed by atoms with Crippen LogP contribution in [-0.4, -0.2) is 30.4 Å². The minimum atomic E-state index is 0.363. The van der Waals surface area contributed by atoms with Crippen molar-refractivity contribution in [3.63, 3.8) is 0 Å². The third-order valence-electron chi connectivity index (χ3n) is 4.28. The van der Waals surface area contributed by atoms with E-state index >= 15 is 0 Å². The van der Waals surface area contributed by atoms with E-state index in [2.05, 4.69) is 13.8 Å². The van der Waals surface area contributed by atoms with Gasteiger partial charge in [0.2, 0.25) is 5.91 Å². The minimum absolute atomic E-state index is 0.363. The summed E-state index contributed by atoms with van der Waals surface area (Å²) in [6, 6.07) is 0. The van der Waals surface area contributed by atoms with Gasteiger partial charge in [-0.3, -0.25) is 4.79 Å². The summed E-state index contributed by atoms with van der Waals surface area (Å²) in [5, 5.41) is 0. The van der Waals surface area contributed by atoms with Crippen LogP contribution in [0.15, 0.2) is 0 Å². The standard InChI is InChI=1S/C15H30N2O/c1-3-5-10-17(4-2)15(18)11-13-6-8-14(12-16)9-7-13/h13-14H,3-12,16H2,1-2H3. The van der Waals surface area contributed by atoms with Crippen LogP contribution in [0.3, 0.4) is 0 Å². The summed E-state index contributed by atoms with van der Waals surface area (Å²) in [6.45, 7) is 6.87. The maximum Gasteiger partial charge on any atom is 0.222 e. The average molecular weight is 254 g/mol. The van der Waals surface area contributed by atoms with Crippen molar-refractivity contribution < 1.29 is 4.79 Å². The first-order valence-corrected chi connectivity index (χ1v) is 7.69. The van der Waals surface area contributed by atoms with Crippen LogP contribution in [0.4, 0.5) is 0 Å². The molecule has 18 heavy (non-hydrogen) atoms. The molecule has 1 aliphatic carbocycles. The molecule has 0 spiro atoms. The molecule has 2 N–H and O–H groups in total. The third kappa shape index (κ3) is 4.97. The highest BCUT2D eigenvalue weighted by molar-refractivity contribution is 5.76. The number of rotatable bonds is 7. The first-order chi connectivity index (χ1) is 8.71. The lowest BCUT2D eigenvalue weighted by Crippen LogP contribution is -2.34. The lowest BCUT2D eigenvalue weighted by molar-refractivity contribution is -0.132. The second-order valence-corrected chi connectivity index (χ2v) is 5.65. The number of amides is 1. The maximum absolute atomic E-state index is 12.2. The number of nitrogens with zero attached hydrogens (tertiary/aromatic N) is 1. The monoisotopic (exact) mass is 254 g/mol. The Morgan fingerprint density at radius 1 is 1.17 bits per heavy atom. The van der Waals surface area contributed by atoms with Crippen LogP contribution >= 0.6 is 0 Å². The fraction of sp³-hybridized carbons (Fsp3) is 0.933. The summed E-state index contributed by atoms with van der Waals surface area (Å²) in [5.74, 6) is 1.68. The summed E-state index contributed by atoms with van der Waals surface area (Å²) in [4.78, 5) is 14.2. The second-order valence-electron chi connectivity index (χ2n) is 5.65. The quantitative estimate of drug-likeness (QED) is 0.759. The van der Waals surface area contributed by atoms with Gasteiger partial charge in [-0.2, -0.15) is 0 Å². The molecule has 3 heteroatoms. The predicted octanol–water partition coefficient (Wildman–Crippen LogP) is 2.79. The zero-order valence-corrected chi connectivity index (χ0v) is 12.2. The zero-order chi connectivity index (χ0) is 13.4. The zero-order valence-electron chi connectivity index (χ0n) is 12.2. The highest BCUT2D eigenvalue weighted by atomic mass is 16.2. The molecule has 0 bridgehead atoms. The van der Waals surface area contributed by atoms with E-state index in [9.17, 15) is 4.79 Å². The van der Waals surface area contributed by atoms with Crippen molar-refractivity contribution >= 4 is 5.91 Å². The first-order valence-electron chi connectivity index (χ1n) is 7.69. The largest absolute Gasteiger partial charge is 0.343 e. The van der Waals surface area contributed by atoms with Gasteiger partial charge < -0.3 is 10.6 Å². The summed E-state index contributed by atoms with van der Waals surface area (Å²) in [6.07, 6.45) is 7.86. The van der Waals surface area contributed by atoms with Gasteiger partial charge in [0.05, 0.1) is 0 Å². The van der Waals surface area contributed by atoms with Gasteiger partial charge >= 0.3 is 0 Å². The Labute approximate surface area is 112 Å². The topological polar surface area (TPSA) is 46.3 Å². The molecule has 0 aromatic carbocycles. The molecule has 0 atom stereocenters. The fourth-order valence-corrected chi connectivity index (χ4v) is 2.86. The van der Waals surface area contributed by atoms with Gasteiger partial charge in [-0.25, -0.2) is 0 Å². The number of nitrogens with two attached hydrogens (primary N) is 1. The molecule has 0 aromatic heterocycles. The van der Waals surface area contributed by atoms with Crippen molar-refractivity contribution in [3.8, 4) is 0 Å². The molecule has 106 valence electrons. The van der Waals surface area contributed by atoms with Crippen molar-refractivity contribution in [2.45, 2.75) is 58.8 Å². The van der Waals surface area contributed by atoms with Crippen molar-refractivity contribution in [3.05, 3.63) is 0 Å². The van der Waals surface area contributed by atoms with Gasteiger partial charge in [0, 0.05) is 19.5 Å². The van der Waals surface area contributed by atoms with E-state index in [1.165, 1.54) is 25.7 Å². The summed E-state index contributed by atoms with van der Waals surface area (Å²) in [7, 11) is 0. The normalized spacial score (nSPS) is 23.9. The Morgan fingerprint density at radius 2 is 1.78 bits per heavy atom. The van der Waals surface area contributed by atoms with Crippen molar-refractivity contribution in [1.82, 2.24) is 4.90 Å². The number of carbonyl (C=O) groups excluding carboxylic acids is 1. The molecule has 3 nitrogen and oxygen atoms in total. The van der Waals surface area contributed by atoms with E-state index < -0.39 is 0 Å². The van der Waals surface area contributed by atoms with E-state index in [-0.39, 0.29) is 0 Å². The van der Waals surface area contributed by atoms with Gasteiger partial charge in [-0.15, -0.1) is 0 Å². The molecule has 1 saturated carbocycles. The van der Waals surface area contributed by atoms with E-state index in [4.69, 9.17) is 5.73 Å². The molecule has 0 aromatic rings. The van der Waals surface area contributed by atoms with E-state index in [1.807, 2.05) is 4.90 Å². The Morgan fingerprint density at radius 3 is 2.28 bits per heavy atom. The molecule has 0 heterocycles. The van der Waals surface area contributed by atoms with Crippen LogP contribution in [0.2, 0.25) is 0 Å². The lowest BCUT2D eigenvalue weighted by Gasteiger charge is -2.29. The average Bonchev–Trinajstić information content (AvgIpc) is 2.40. The number of hydrogen-bond acceptors (Lipinski definition) is 2. The highest BCUT2D eigenvalue weighted by Gasteiger charge is 2.23. The van der Waals surface area contributed by atoms with E-state index in [0.717, 1.165) is 38.9 Å². The molecule has 1 fully saturated rings. The lowest BCUT2D eigenvalue weighted by atomic mass is 9.80. The molecule has 0 saturated heterocycles. The van der Waals surface area contributed by atoms with Crippen molar-refractivity contribution in [2.75, 3.05) is 19.6 Å². The van der Waals surface area contributed by atoms with Crippen LogP contribution in [0.25, 0.3) is 0 Å². The van der Waals surface area contributed by atoms with E-state index in [0.29, 0.717) is 17.7 Å². The third-order valence-corrected chi connectivity index (χ3v) is 4.28. The van der Waals surface area contributed by atoms with Crippen LogP contribution in [0.5, 0.6) is 0 Å². The Kier molecular flexibility index (Phi) is 7.33. The second kappa shape index (κ2) is 8.52. The van der Waals surface area contributed by atoms with E-state index in [1.54, 1.807) is 0 Å². The van der Waals surface area contributed by atoms with Crippen LogP contribution in [-0.2, 0) is 4.79 Å². The summed E-state index contributed by atoms with van der Waals surface area (Å²) >= 11 is 0. The van der Waals surface area contributed by atoms with Gasteiger partial charge in [0.15, 0.2) is 0 Å². The van der Waals surface area contributed by atoms with Gasteiger partial charge in [0.25, 0.3) is 0 Å². The molecular weight excluding hydrogens is 224 g/mol. The van der Waals surface area contributed by atoms with Crippen molar-refractivity contribution in [1.29, 1.82) is 0 Å². The molecule has 1 amide bonds. The van der Waals surface area contributed by atoms with Crippen LogP contribution in [0, 0.1) is 11.8 Å². The predicted molar refractivity (Wildman–Crippen MR) is 76.3 cm³/mol.